The molecule has 0 spiro atoms. The summed E-state index contributed by atoms with van der Waals surface area (Å²) in [5.41, 5.74) is 5.51. The third kappa shape index (κ3) is 5.06. The first kappa shape index (κ1) is 18.9. The standard InChI is InChI=1S/C25H31F/c1-2-3-5-20-7-11-22(12-8-20)24-15-17-25(18-16-24)23-13-9-21(10-14-23)6-4-19-26/h4,7-8,11-12,15-19,21,23H,2-3,5-6,9-10,13-14H2,1H3/b19-4+. The van der Waals surface area contributed by atoms with E-state index in [1.54, 1.807) is 6.08 Å². The Morgan fingerprint density at radius 3 is 2.08 bits per heavy atom. The minimum atomic E-state index is 0.670. The molecular formula is C25H31F. The van der Waals surface area contributed by atoms with Gasteiger partial charge in [0.15, 0.2) is 0 Å². The number of rotatable bonds is 7. The zero-order chi connectivity index (χ0) is 18.2. The predicted molar refractivity (Wildman–Crippen MR) is 110 cm³/mol. The van der Waals surface area contributed by atoms with E-state index in [9.17, 15) is 4.39 Å². The molecule has 1 fully saturated rings. The molecule has 3 rings (SSSR count). The average Bonchev–Trinajstić information content (AvgIpc) is 2.72. The van der Waals surface area contributed by atoms with Crippen molar-refractivity contribution in [3.63, 3.8) is 0 Å². The Labute approximate surface area is 158 Å². The summed E-state index contributed by atoms with van der Waals surface area (Å²) in [6.45, 7) is 2.24. The maximum Gasteiger partial charge on any atom is 0.0827 e. The van der Waals surface area contributed by atoms with E-state index in [4.69, 9.17) is 0 Å². The van der Waals surface area contributed by atoms with Crippen LogP contribution in [0.3, 0.4) is 0 Å². The van der Waals surface area contributed by atoms with E-state index in [1.807, 2.05) is 0 Å². The van der Waals surface area contributed by atoms with Crippen LogP contribution in [0.2, 0.25) is 0 Å². The normalized spacial score (nSPS) is 20.5. The topological polar surface area (TPSA) is 0 Å². The van der Waals surface area contributed by atoms with Crippen molar-refractivity contribution in [3.05, 3.63) is 72.1 Å². The van der Waals surface area contributed by atoms with Crippen molar-refractivity contribution in [2.75, 3.05) is 0 Å². The molecule has 138 valence electrons. The number of allylic oxidation sites excluding steroid dienone is 1. The fourth-order valence-corrected chi connectivity index (χ4v) is 4.17. The molecule has 0 amide bonds. The van der Waals surface area contributed by atoms with Crippen molar-refractivity contribution in [2.24, 2.45) is 5.92 Å². The summed E-state index contributed by atoms with van der Waals surface area (Å²) < 4.78 is 12.2. The molecule has 0 heterocycles. The second kappa shape index (κ2) is 9.71. The Balaban J connectivity index is 1.58. The second-order valence-electron chi connectivity index (χ2n) is 7.74. The monoisotopic (exact) mass is 350 g/mol. The first-order valence-corrected chi connectivity index (χ1v) is 10.2. The van der Waals surface area contributed by atoms with Gasteiger partial charge in [0.2, 0.25) is 0 Å². The molecule has 0 N–H and O–H groups in total. The van der Waals surface area contributed by atoms with Crippen LogP contribution >= 0.6 is 0 Å². The molecule has 26 heavy (non-hydrogen) atoms. The van der Waals surface area contributed by atoms with Gasteiger partial charge in [-0.25, -0.2) is 4.39 Å². The maximum absolute atomic E-state index is 12.2. The van der Waals surface area contributed by atoms with Crippen LogP contribution in [0.15, 0.2) is 60.9 Å². The lowest BCUT2D eigenvalue weighted by molar-refractivity contribution is 0.327. The molecule has 2 aromatic rings. The van der Waals surface area contributed by atoms with Crippen molar-refractivity contribution in [1.29, 1.82) is 0 Å². The highest BCUT2D eigenvalue weighted by Gasteiger charge is 2.21. The van der Waals surface area contributed by atoms with E-state index in [-0.39, 0.29) is 0 Å². The minimum Gasteiger partial charge on any atom is -0.216 e. The van der Waals surface area contributed by atoms with Gasteiger partial charge in [0.05, 0.1) is 6.33 Å². The zero-order valence-corrected chi connectivity index (χ0v) is 16.0. The zero-order valence-electron chi connectivity index (χ0n) is 16.0. The number of aryl methyl sites for hydroxylation is 1. The second-order valence-corrected chi connectivity index (χ2v) is 7.74. The average molecular weight is 351 g/mol. The molecule has 1 aliphatic rings. The molecular weight excluding hydrogens is 319 g/mol. The van der Waals surface area contributed by atoms with E-state index in [0.717, 1.165) is 6.42 Å². The van der Waals surface area contributed by atoms with Gasteiger partial charge in [-0.1, -0.05) is 68.0 Å². The lowest BCUT2D eigenvalue weighted by Crippen LogP contribution is -2.12. The highest BCUT2D eigenvalue weighted by molar-refractivity contribution is 5.64. The predicted octanol–water partition coefficient (Wildman–Crippen LogP) is 7.84. The van der Waals surface area contributed by atoms with Crippen molar-refractivity contribution in [1.82, 2.24) is 0 Å². The van der Waals surface area contributed by atoms with Gasteiger partial charge in [0, 0.05) is 0 Å². The first-order valence-electron chi connectivity index (χ1n) is 10.2. The van der Waals surface area contributed by atoms with Crippen LogP contribution in [0.25, 0.3) is 11.1 Å². The molecule has 0 nitrogen and oxygen atoms in total. The number of hydrogen-bond donors (Lipinski definition) is 0. The van der Waals surface area contributed by atoms with Gasteiger partial charge in [-0.05, 0) is 79.0 Å². The SMILES string of the molecule is CCCCc1ccc(-c2ccc(C3CCC(C/C=C/F)CC3)cc2)cc1. The van der Waals surface area contributed by atoms with Crippen molar-refractivity contribution < 1.29 is 4.39 Å². The highest BCUT2D eigenvalue weighted by atomic mass is 19.1. The van der Waals surface area contributed by atoms with Gasteiger partial charge in [-0.2, -0.15) is 0 Å². The Kier molecular flexibility index (Phi) is 7.05. The molecule has 0 saturated heterocycles. The van der Waals surface area contributed by atoms with E-state index >= 15 is 0 Å². The van der Waals surface area contributed by atoms with Crippen LogP contribution in [0, 0.1) is 5.92 Å². The van der Waals surface area contributed by atoms with Crippen LogP contribution in [0.5, 0.6) is 0 Å². The van der Waals surface area contributed by atoms with Crippen LogP contribution in [-0.2, 0) is 6.42 Å². The summed E-state index contributed by atoms with van der Waals surface area (Å²) in [5.74, 6) is 1.34. The smallest absolute Gasteiger partial charge is 0.0827 e. The van der Waals surface area contributed by atoms with E-state index in [0.29, 0.717) is 18.2 Å². The number of unbranched alkanes of at least 4 members (excludes halogenated alkanes) is 1. The van der Waals surface area contributed by atoms with Crippen LogP contribution in [0.4, 0.5) is 4.39 Å². The molecule has 0 aliphatic heterocycles. The Hall–Kier alpha value is -1.89. The molecule has 0 aromatic heterocycles. The third-order valence-corrected chi connectivity index (χ3v) is 5.89. The lowest BCUT2D eigenvalue weighted by Gasteiger charge is -2.28. The maximum atomic E-state index is 12.2. The van der Waals surface area contributed by atoms with E-state index in [2.05, 4.69) is 55.5 Å². The van der Waals surface area contributed by atoms with Crippen molar-refractivity contribution in [3.8, 4) is 11.1 Å². The largest absolute Gasteiger partial charge is 0.216 e. The summed E-state index contributed by atoms with van der Waals surface area (Å²) in [6, 6.07) is 18.2. The van der Waals surface area contributed by atoms with Gasteiger partial charge in [0.1, 0.15) is 0 Å². The van der Waals surface area contributed by atoms with Gasteiger partial charge in [-0.15, -0.1) is 0 Å². The van der Waals surface area contributed by atoms with E-state index < -0.39 is 0 Å². The lowest BCUT2D eigenvalue weighted by atomic mass is 9.77. The Morgan fingerprint density at radius 1 is 0.885 bits per heavy atom. The van der Waals surface area contributed by atoms with Crippen molar-refractivity contribution >= 4 is 0 Å². The van der Waals surface area contributed by atoms with Gasteiger partial charge in [0.25, 0.3) is 0 Å². The van der Waals surface area contributed by atoms with Gasteiger partial charge >= 0.3 is 0 Å². The van der Waals surface area contributed by atoms with Crippen LogP contribution in [-0.4, -0.2) is 0 Å². The Bertz CT molecular complexity index is 673. The van der Waals surface area contributed by atoms with E-state index in [1.165, 1.54) is 67.2 Å². The van der Waals surface area contributed by atoms with Gasteiger partial charge in [-0.3, -0.25) is 0 Å². The number of halogens is 1. The summed E-state index contributed by atoms with van der Waals surface area (Å²) in [4.78, 5) is 0. The number of benzene rings is 2. The summed E-state index contributed by atoms with van der Waals surface area (Å²) in [7, 11) is 0. The Morgan fingerprint density at radius 2 is 1.50 bits per heavy atom. The van der Waals surface area contributed by atoms with Crippen LogP contribution < -0.4 is 0 Å². The molecule has 1 aliphatic carbocycles. The molecule has 0 bridgehead atoms. The molecule has 1 saturated carbocycles. The third-order valence-electron chi connectivity index (χ3n) is 5.89. The summed E-state index contributed by atoms with van der Waals surface area (Å²) in [6.07, 6.45) is 11.9. The highest BCUT2D eigenvalue weighted by Crippen LogP contribution is 2.37. The fraction of sp³-hybridized carbons (Fsp3) is 0.440. The summed E-state index contributed by atoms with van der Waals surface area (Å²) >= 11 is 0. The first-order chi connectivity index (χ1) is 12.8. The van der Waals surface area contributed by atoms with Crippen LogP contribution in [0.1, 0.15) is 68.9 Å². The fourth-order valence-electron chi connectivity index (χ4n) is 4.17. The van der Waals surface area contributed by atoms with Crippen molar-refractivity contribution in [2.45, 2.75) is 64.2 Å². The number of hydrogen-bond acceptors (Lipinski definition) is 0. The molecule has 0 radical (unpaired) electrons. The molecule has 2 aromatic carbocycles. The molecule has 0 atom stereocenters. The van der Waals surface area contributed by atoms with Gasteiger partial charge < -0.3 is 0 Å². The molecule has 0 unspecified atom stereocenters. The quantitative estimate of drug-likeness (QED) is 0.477. The summed E-state index contributed by atoms with van der Waals surface area (Å²) in [5, 5.41) is 0. The molecule has 1 heteroatoms. The minimum absolute atomic E-state index is 0.670.